The summed E-state index contributed by atoms with van der Waals surface area (Å²) in [5.74, 6) is 0.962. The second kappa shape index (κ2) is 10.00. The molecule has 0 aromatic heterocycles. The largest absolute Gasteiger partial charge is 0.493 e. The molecule has 1 aromatic rings. The van der Waals surface area contributed by atoms with Gasteiger partial charge in [0.2, 0.25) is 0 Å². The van der Waals surface area contributed by atoms with Crippen LogP contribution in [0.5, 0.6) is 5.75 Å². The van der Waals surface area contributed by atoms with Gasteiger partial charge in [-0.25, -0.2) is 4.79 Å². The van der Waals surface area contributed by atoms with Gasteiger partial charge in [-0.2, -0.15) is 0 Å². The Labute approximate surface area is 155 Å². The predicted octanol–water partition coefficient (Wildman–Crippen LogP) is 3.58. The molecule has 142 valence electrons. The standard InChI is InChI=1S/C21H29NO4/c1-4-25-19-11-6-5-9-17(19)12-13-21(24)26-14-20(23)22-18-10-7-8-15(2)16(18)3/h5-6,9,11-13,15-16,18H,4,7-8,10,14H2,1-3H3,(H,22,23)/b13-12+/t15-,16+,18-/m1/s1. The highest BCUT2D eigenvalue weighted by Gasteiger charge is 2.28. The maximum absolute atomic E-state index is 12.0. The van der Waals surface area contributed by atoms with Crippen LogP contribution in [0.15, 0.2) is 30.3 Å². The minimum atomic E-state index is -0.545. The molecule has 26 heavy (non-hydrogen) atoms. The van der Waals surface area contributed by atoms with E-state index in [9.17, 15) is 9.59 Å². The van der Waals surface area contributed by atoms with Crippen molar-refractivity contribution in [1.29, 1.82) is 0 Å². The number of amides is 1. The molecule has 1 N–H and O–H groups in total. The van der Waals surface area contributed by atoms with Crippen LogP contribution < -0.4 is 10.1 Å². The number of carbonyl (C=O) groups excluding carboxylic acids is 2. The van der Waals surface area contributed by atoms with Crippen molar-refractivity contribution in [1.82, 2.24) is 5.32 Å². The maximum atomic E-state index is 12.0. The van der Waals surface area contributed by atoms with Gasteiger partial charge in [-0.3, -0.25) is 4.79 Å². The Morgan fingerprint density at radius 3 is 2.77 bits per heavy atom. The van der Waals surface area contributed by atoms with Gasteiger partial charge in [0.15, 0.2) is 6.61 Å². The number of para-hydroxylation sites is 1. The Bertz CT molecular complexity index is 641. The zero-order valence-corrected chi connectivity index (χ0v) is 15.9. The number of hydrogen-bond acceptors (Lipinski definition) is 4. The Morgan fingerprint density at radius 2 is 2.00 bits per heavy atom. The number of esters is 1. The second-order valence-corrected chi connectivity index (χ2v) is 6.85. The molecule has 1 saturated carbocycles. The summed E-state index contributed by atoms with van der Waals surface area (Å²) in [5.41, 5.74) is 0.792. The van der Waals surface area contributed by atoms with Gasteiger partial charge in [0.25, 0.3) is 5.91 Å². The smallest absolute Gasteiger partial charge is 0.331 e. The van der Waals surface area contributed by atoms with Crippen molar-refractivity contribution in [2.24, 2.45) is 11.8 Å². The molecule has 0 heterocycles. The quantitative estimate of drug-likeness (QED) is 0.597. The van der Waals surface area contributed by atoms with Crippen LogP contribution in [0.2, 0.25) is 0 Å². The van der Waals surface area contributed by atoms with Crippen molar-refractivity contribution in [3.05, 3.63) is 35.9 Å². The monoisotopic (exact) mass is 359 g/mol. The van der Waals surface area contributed by atoms with Crippen LogP contribution in [-0.2, 0) is 14.3 Å². The van der Waals surface area contributed by atoms with E-state index in [1.807, 2.05) is 31.2 Å². The molecule has 1 aromatic carbocycles. The Hall–Kier alpha value is -2.30. The minimum absolute atomic E-state index is 0.165. The van der Waals surface area contributed by atoms with Crippen LogP contribution in [0.3, 0.4) is 0 Å². The van der Waals surface area contributed by atoms with Gasteiger partial charge in [-0.05, 0) is 37.3 Å². The third-order valence-corrected chi connectivity index (χ3v) is 5.02. The number of nitrogens with one attached hydrogen (secondary N) is 1. The number of hydrogen-bond donors (Lipinski definition) is 1. The number of rotatable bonds is 7. The van der Waals surface area contributed by atoms with Crippen molar-refractivity contribution < 1.29 is 19.1 Å². The van der Waals surface area contributed by atoms with E-state index in [0.29, 0.717) is 24.2 Å². The fourth-order valence-electron chi connectivity index (χ4n) is 3.28. The summed E-state index contributed by atoms with van der Waals surface area (Å²) in [6, 6.07) is 7.60. The van der Waals surface area contributed by atoms with Crippen LogP contribution in [0.25, 0.3) is 6.08 Å². The molecule has 5 nitrogen and oxygen atoms in total. The average Bonchev–Trinajstić information content (AvgIpc) is 2.63. The number of ether oxygens (including phenoxy) is 2. The molecular weight excluding hydrogens is 330 g/mol. The fourth-order valence-corrected chi connectivity index (χ4v) is 3.28. The molecule has 1 aliphatic rings. The number of carbonyl (C=O) groups is 2. The molecule has 0 radical (unpaired) electrons. The van der Waals surface area contributed by atoms with E-state index >= 15 is 0 Å². The summed E-state index contributed by atoms with van der Waals surface area (Å²) in [6.07, 6.45) is 6.26. The zero-order valence-electron chi connectivity index (χ0n) is 15.9. The van der Waals surface area contributed by atoms with E-state index in [0.717, 1.165) is 18.4 Å². The molecule has 1 fully saturated rings. The normalized spacial score (nSPS) is 22.8. The molecule has 0 bridgehead atoms. The molecule has 0 unspecified atom stereocenters. The lowest BCUT2D eigenvalue weighted by atomic mass is 9.78. The first-order chi connectivity index (χ1) is 12.5. The molecule has 0 spiro atoms. The lowest BCUT2D eigenvalue weighted by Crippen LogP contribution is -2.45. The topological polar surface area (TPSA) is 64.6 Å². The minimum Gasteiger partial charge on any atom is -0.493 e. The molecule has 1 aliphatic carbocycles. The maximum Gasteiger partial charge on any atom is 0.331 e. The third kappa shape index (κ3) is 5.90. The SMILES string of the molecule is CCOc1ccccc1/C=C/C(=O)OCC(=O)N[C@@H]1CCC[C@@H](C)[C@@H]1C. The van der Waals surface area contributed by atoms with Gasteiger partial charge in [0.1, 0.15) is 5.75 Å². The first kappa shape index (κ1) is 20.0. The highest BCUT2D eigenvalue weighted by molar-refractivity contribution is 5.89. The molecule has 0 saturated heterocycles. The third-order valence-electron chi connectivity index (χ3n) is 5.02. The molecule has 3 atom stereocenters. The van der Waals surface area contributed by atoms with Gasteiger partial charge in [-0.15, -0.1) is 0 Å². The van der Waals surface area contributed by atoms with Gasteiger partial charge in [0, 0.05) is 17.7 Å². The highest BCUT2D eigenvalue weighted by Crippen LogP contribution is 2.29. The van der Waals surface area contributed by atoms with E-state index in [1.54, 1.807) is 6.08 Å². The van der Waals surface area contributed by atoms with Crippen LogP contribution in [0.1, 0.15) is 45.6 Å². The summed E-state index contributed by atoms with van der Waals surface area (Å²) in [6.45, 7) is 6.58. The molecule has 2 rings (SSSR count). The zero-order chi connectivity index (χ0) is 18.9. The van der Waals surface area contributed by atoms with Crippen LogP contribution >= 0.6 is 0 Å². The van der Waals surface area contributed by atoms with Gasteiger partial charge in [-0.1, -0.05) is 44.9 Å². The van der Waals surface area contributed by atoms with E-state index < -0.39 is 5.97 Å². The lowest BCUT2D eigenvalue weighted by molar-refractivity contribution is -0.144. The van der Waals surface area contributed by atoms with E-state index in [4.69, 9.17) is 9.47 Å². The summed E-state index contributed by atoms with van der Waals surface area (Å²) >= 11 is 0. The van der Waals surface area contributed by atoms with Gasteiger partial charge in [0.05, 0.1) is 6.61 Å². The highest BCUT2D eigenvalue weighted by atomic mass is 16.5. The fraction of sp³-hybridized carbons (Fsp3) is 0.524. The Morgan fingerprint density at radius 1 is 1.23 bits per heavy atom. The number of benzene rings is 1. The summed E-state index contributed by atoms with van der Waals surface area (Å²) in [5, 5.41) is 2.99. The summed E-state index contributed by atoms with van der Waals surface area (Å²) in [4.78, 5) is 23.9. The first-order valence-corrected chi connectivity index (χ1v) is 9.37. The molecular formula is C21H29NO4. The van der Waals surface area contributed by atoms with Crippen LogP contribution in [0.4, 0.5) is 0 Å². The van der Waals surface area contributed by atoms with Crippen molar-refractivity contribution in [3.8, 4) is 5.75 Å². The summed E-state index contributed by atoms with van der Waals surface area (Å²) < 4.78 is 10.6. The van der Waals surface area contributed by atoms with Crippen molar-refractivity contribution >= 4 is 18.0 Å². The second-order valence-electron chi connectivity index (χ2n) is 6.85. The van der Waals surface area contributed by atoms with E-state index in [2.05, 4.69) is 19.2 Å². The van der Waals surface area contributed by atoms with Crippen molar-refractivity contribution in [3.63, 3.8) is 0 Å². The van der Waals surface area contributed by atoms with Crippen molar-refractivity contribution in [2.45, 2.75) is 46.1 Å². The van der Waals surface area contributed by atoms with Crippen LogP contribution in [-0.4, -0.2) is 31.1 Å². The molecule has 0 aliphatic heterocycles. The van der Waals surface area contributed by atoms with Gasteiger partial charge < -0.3 is 14.8 Å². The average molecular weight is 359 g/mol. The summed E-state index contributed by atoms with van der Waals surface area (Å²) in [7, 11) is 0. The van der Waals surface area contributed by atoms with Crippen LogP contribution in [0, 0.1) is 11.8 Å². The van der Waals surface area contributed by atoms with E-state index in [-0.39, 0.29) is 18.6 Å². The van der Waals surface area contributed by atoms with Crippen molar-refractivity contribution in [2.75, 3.05) is 13.2 Å². The predicted molar refractivity (Wildman–Crippen MR) is 102 cm³/mol. The lowest BCUT2D eigenvalue weighted by Gasteiger charge is -2.34. The molecule has 5 heteroatoms. The van der Waals surface area contributed by atoms with E-state index in [1.165, 1.54) is 12.5 Å². The van der Waals surface area contributed by atoms with Gasteiger partial charge >= 0.3 is 5.97 Å². The first-order valence-electron chi connectivity index (χ1n) is 9.37. The Kier molecular flexibility index (Phi) is 7.70. The Balaban J connectivity index is 1.80. The molecule has 1 amide bonds.